The smallest absolute Gasteiger partial charge is 0.184 e. The van der Waals surface area contributed by atoms with Crippen molar-refractivity contribution in [3.05, 3.63) is 80.6 Å². The number of thioether (sulfide) groups is 1. The van der Waals surface area contributed by atoms with E-state index in [1.54, 1.807) is 24.8 Å². The summed E-state index contributed by atoms with van der Waals surface area (Å²) >= 11 is 14.7. The molecule has 39 heavy (non-hydrogen) atoms. The Morgan fingerprint density at radius 1 is 1.31 bits per heavy atom. The number of pyridine rings is 1. The summed E-state index contributed by atoms with van der Waals surface area (Å²) in [5.74, 6) is 6.65. The van der Waals surface area contributed by atoms with Crippen LogP contribution in [0.5, 0.6) is 0 Å². The third-order valence-electron chi connectivity index (χ3n) is 6.23. The molecule has 0 bridgehead atoms. The van der Waals surface area contributed by atoms with E-state index in [1.165, 1.54) is 34.3 Å². The number of halogens is 2. The van der Waals surface area contributed by atoms with Crippen LogP contribution in [0.15, 0.2) is 59.1 Å². The summed E-state index contributed by atoms with van der Waals surface area (Å²) in [4.78, 5) is 8.90. The summed E-state index contributed by atoms with van der Waals surface area (Å²) < 4.78 is 25.3. The number of ether oxygens (including phenoxy) is 4. The van der Waals surface area contributed by atoms with Gasteiger partial charge in [-0.25, -0.2) is 15.8 Å². The second-order valence-electron chi connectivity index (χ2n) is 8.66. The molecule has 0 saturated carbocycles. The predicted molar refractivity (Wildman–Crippen MR) is 148 cm³/mol. The fourth-order valence-corrected chi connectivity index (χ4v) is 6.70. The van der Waals surface area contributed by atoms with Crippen LogP contribution in [-0.2, 0) is 18.9 Å². The van der Waals surface area contributed by atoms with E-state index in [9.17, 15) is 5.26 Å². The molecule has 5 rings (SSSR count). The summed E-state index contributed by atoms with van der Waals surface area (Å²) in [5, 5.41) is 13.2. The molecule has 10 nitrogen and oxygen atoms in total. The molecular formula is C25H24Cl2N6O4S2. The molecule has 3 aromatic rings. The van der Waals surface area contributed by atoms with Gasteiger partial charge in [-0.1, -0.05) is 65.3 Å². The average Bonchev–Trinajstić information content (AvgIpc) is 3.39. The first-order valence-electron chi connectivity index (χ1n) is 11.7. The van der Waals surface area contributed by atoms with Gasteiger partial charge in [-0.15, -0.1) is 11.3 Å². The van der Waals surface area contributed by atoms with Crippen LogP contribution in [0.25, 0.3) is 5.70 Å². The first kappa shape index (κ1) is 28.1. The molecule has 1 aromatic carbocycles. The van der Waals surface area contributed by atoms with Gasteiger partial charge in [0.15, 0.2) is 16.5 Å². The number of aromatic nitrogens is 2. The van der Waals surface area contributed by atoms with Gasteiger partial charge in [-0.3, -0.25) is 0 Å². The Morgan fingerprint density at radius 3 is 2.79 bits per heavy atom. The molecule has 204 valence electrons. The summed E-state index contributed by atoms with van der Waals surface area (Å²) in [6, 6.07) is 12.8. The molecule has 0 spiro atoms. The van der Waals surface area contributed by atoms with Crippen LogP contribution in [0.3, 0.4) is 0 Å². The molecule has 0 radical (unpaired) electrons. The number of nitriles is 1. The molecule has 6 atom stereocenters. The van der Waals surface area contributed by atoms with E-state index in [0.29, 0.717) is 25.8 Å². The molecule has 2 saturated heterocycles. The highest BCUT2D eigenvalue weighted by molar-refractivity contribution is 7.99. The van der Waals surface area contributed by atoms with Gasteiger partial charge < -0.3 is 29.7 Å². The third kappa shape index (κ3) is 6.17. The van der Waals surface area contributed by atoms with Crippen molar-refractivity contribution in [3.63, 3.8) is 0 Å². The lowest BCUT2D eigenvalue weighted by molar-refractivity contribution is -0.309. The zero-order valence-corrected chi connectivity index (χ0v) is 23.7. The van der Waals surface area contributed by atoms with E-state index in [1.807, 2.05) is 30.3 Å². The van der Waals surface area contributed by atoms with E-state index in [4.69, 9.17) is 53.7 Å². The largest absolute Gasteiger partial charge is 0.396 e. The van der Waals surface area contributed by atoms with Crippen molar-refractivity contribution < 1.29 is 18.9 Å². The second-order valence-corrected chi connectivity index (χ2v) is 11.7. The lowest BCUT2D eigenvalue weighted by Crippen LogP contribution is -2.67. The molecule has 4 heterocycles. The predicted octanol–water partition coefficient (Wildman–Crippen LogP) is 4.16. The second kappa shape index (κ2) is 12.4. The maximum atomic E-state index is 9.59. The van der Waals surface area contributed by atoms with Crippen LogP contribution < -0.4 is 11.6 Å². The third-order valence-corrected chi connectivity index (χ3v) is 8.59. The van der Waals surface area contributed by atoms with Gasteiger partial charge >= 0.3 is 0 Å². The number of benzene rings is 1. The van der Waals surface area contributed by atoms with Crippen molar-refractivity contribution in [2.75, 3.05) is 13.7 Å². The molecule has 14 heteroatoms. The van der Waals surface area contributed by atoms with Crippen LogP contribution in [0.1, 0.15) is 23.2 Å². The number of hydrogen-bond donors (Lipinski definition) is 2. The van der Waals surface area contributed by atoms with Crippen molar-refractivity contribution >= 4 is 52.0 Å². The number of hydrogen-bond acceptors (Lipinski definition) is 12. The maximum absolute atomic E-state index is 9.59. The van der Waals surface area contributed by atoms with Gasteiger partial charge in [-0.2, -0.15) is 5.26 Å². The molecular weight excluding hydrogens is 583 g/mol. The number of thiazole rings is 1. The van der Waals surface area contributed by atoms with Crippen molar-refractivity contribution in [1.82, 2.24) is 15.0 Å². The van der Waals surface area contributed by atoms with E-state index >= 15 is 0 Å². The number of methoxy groups -OCH3 is 1. The summed E-state index contributed by atoms with van der Waals surface area (Å²) in [5.41, 5.74) is 7.60. The van der Waals surface area contributed by atoms with Gasteiger partial charge in [0, 0.05) is 35.3 Å². The van der Waals surface area contributed by atoms with Crippen molar-refractivity contribution in [1.29, 1.82) is 5.26 Å². The molecule has 2 aliphatic rings. The Bertz CT molecular complexity index is 1370. The topological polar surface area (TPSA) is 142 Å². The first-order valence-corrected chi connectivity index (χ1v) is 14.2. The Kier molecular flexibility index (Phi) is 8.92. The number of rotatable bonds is 7. The Balaban J connectivity index is 1.49. The number of hydrazine groups is 1. The zero-order chi connectivity index (χ0) is 27.5. The molecule has 6 unspecified atom stereocenters. The minimum Gasteiger partial charge on any atom is -0.396 e. The zero-order valence-electron chi connectivity index (χ0n) is 20.5. The molecule has 2 aromatic heterocycles. The maximum Gasteiger partial charge on any atom is 0.184 e. The van der Waals surface area contributed by atoms with E-state index in [2.05, 4.69) is 16.0 Å². The Morgan fingerprint density at radius 2 is 2.10 bits per heavy atom. The number of fused-ring (bicyclic) bond motifs is 1. The highest BCUT2D eigenvalue weighted by Gasteiger charge is 2.52. The number of nitrogens with zero attached hydrogens (tertiary/aromatic N) is 4. The van der Waals surface area contributed by atoms with Gasteiger partial charge in [0.05, 0.1) is 17.3 Å². The SMILES string of the molecule is COC1C(Sc2cc(Cl)cnc2C#N)OC2COC(c3ccccc3)OC2C1N(N)/C=C(\N)c1csc(Cl)n1. The minimum absolute atomic E-state index is 0.218. The summed E-state index contributed by atoms with van der Waals surface area (Å²) in [6.07, 6.45) is 0.659. The lowest BCUT2D eigenvalue weighted by Gasteiger charge is -2.51. The van der Waals surface area contributed by atoms with Crippen LogP contribution in [0, 0.1) is 11.3 Å². The average molecular weight is 608 g/mol. The van der Waals surface area contributed by atoms with Gasteiger partial charge in [-0.05, 0) is 6.07 Å². The molecule has 0 amide bonds. The van der Waals surface area contributed by atoms with Crippen LogP contribution in [0.2, 0.25) is 9.49 Å². The van der Waals surface area contributed by atoms with E-state index in [-0.39, 0.29) is 12.3 Å². The Hall–Kier alpha value is -2.44. The van der Waals surface area contributed by atoms with E-state index in [0.717, 1.165) is 5.56 Å². The first-order chi connectivity index (χ1) is 18.9. The normalized spacial score (nSPS) is 27.0. The molecule has 2 fully saturated rings. The van der Waals surface area contributed by atoms with Crippen LogP contribution in [0.4, 0.5) is 0 Å². The fraction of sp³-hybridized carbons (Fsp3) is 0.320. The van der Waals surface area contributed by atoms with Gasteiger partial charge in [0.1, 0.15) is 41.6 Å². The van der Waals surface area contributed by atoms with Gasteiger partial charge in [0.25, 0.3) is 0 Å². The Labute approximate surface area is 243 Å². The van der Waals surface area contributed by atoms with Crippen molar-refractivity contribution in [2.24, 2.45) is 11.6 Å². The summed E-state index contributed by atoms with van der Waals surface area (Å²) in [7, 11) is 1.56. The van der Waals surface area contributed by atoms with Crippen molar-refractivity contribution in [2.45, 2.75) is 41.0 Å². The molecule has 0 aliphatic carbocycles. The molecule has 4 N–H and O–H groups in total. The molecule has 2 aliphatic heterocycles. The highest BCUT2D eigenvalue weighted by Crippen LogP contribution is 2.42. The van der Waals surface area contributed by atoms with Crippen molar-refractivity contribution in [3.8, 4) is 6.07 Å². The van der Waals surface area contributed by atoms with Gasteiger partial charge in [0.2, 0.25) is 0 Å². The standard InChI is InChI=1S/C25H24Cl2N6O4S2/c1-34-22-20(33(30)10-15(29)17-12-38-25(27)32-17)21-18(11-35-23(37-21)13-5-3-2-4-6-13)36-24(22)39-19-7-14(26)9-31-16(19)8-28/h2-7,9-10,12,18,20-24H,11,29-30H2,1H3/b15-10-. The minimum atomic E-state index is -0.635. The monoisotopic (exact) mass is 606 g/mol. The fourth-order valence-electron chi connectivity index (χ4n) is 4.45. The summed E-state index contributed by atoms with van der Waals surface area (Å²) in [6.45, 7) is 0.238. The highest BCUT2D eigenvalue weighted by atomic mass is 35.5. The van der Waals surface area contributed by atoms with Crippen LogP contribution >= 0.6 is 46.3 Å². The quantitative estimate of drug-likeness (QED) is 0.295. The lowest BCUT2D eigenvalue weighted by atomic mass is 9.95. The van der Waals surface area contributed by atoms with E-state index < -0.39 is 36.1 Å². The van der Waals surface area contributed by atoms with Crippen LogP contribution in [-0.4, -0.2) is 58.5 Å². The number of nitrogens with two attached hydrogens (primary N) is 2.